The number of benzene rings is 1. The number of anilines is 1. The summed E-state index contributed by atoms with van der Waals surface area (Å²) in [5, 5.41) is 2.90. The Bertz CT molecular complexity index is 1070. The first-order chi connectivity index (χ1) is 18.4. The van der Waals surface area contributed by atoms with Gasteiger partial charge in [0.2, 0.25) is 11.8 Å². The average Bonchev–Trinajstić information content (AvgIpc) is 3.53. The molecule has 0 spiro atoms. The number of likely N-dealkylation sites (tertiary alicyclic amines) is 1. The van der Waals surface area contributed by atoms with Gasteiger partial charge in [0.25, 0.3) is 0 Å². The Balaban J connectivity index is 1.35. The van der Waals surface area contributed by atoms with E-state index in [-0.39, 0.29) is 30.3 Å². The van der Waals surface area contributed by atoms with E-state index in [2.05, 4.69) is 17.1 Å². The van der Waals surface area contributed by atoms with Crippen molar-refractivity contribution in [3.63, 3.8) is 0 Å². The van der Waals surface area contributed by atoms with E-state index in [1.54, 1.807) is 4.90 Å². The Kier molecular flexibility index (Phi) is 9.19. The van der Waals surface area contributed by atoms with Gasteiger partial charge in [-0.3, -0.25) is 14.5 Å². The van der Waals surface area contributed by atoms with Gasteiger partial charge in [-0.05, 0) is 83.6 Å². The van der Waals surface area contributed by atoms with Crippen molar-refractivity contribution in [2.24, 2.45) is 5.92 Å². The van der Waals surface area contributed by atoms with Crippen LogP contribution in [0, 0.1) is 18.7 Å². The first kappa shape index (κ1) is 29.3. The molecule has 2 aliphatic heterocycles. The zero-order chi connectivity index (χ0) is 28.3. The number of piperazine rings is 1. The van der Waals surface area contributed by atoms with Crippen molar-refractivity contribution in [3.05, 3.63) is 29.1 Å². The standard InChI is InChI=1S/C30H45FN4O4/c1-20-18-33(13-14-34(20)28(37)22-9-6-7-10-22)19-23-15-24(31)16-26(21(23)2)32-27(36)17-25-11-8-12-35(25)29(38)39-30(3,4)5/h15-16,20,22,25H,6-14,17-19H2,1-5H3,(H,32,36). The van der Waals surface area contributed by atoms with Crippen molar-refractivity contribution in [1.29, 1.82) is 0 Å². The number of nitrogens with zero attached hydrogens (tertiary/aromatic N) is 3. The zero-order valence-corrected chi connectivity index (χ0v) is 24.2. The van der Waals surface area contributed by atoms with Gasteiger partial charge in [-0.1, -0.05) is 12.8 Å². The maximum Gasteiger partial charge on any atom is 0.410 e. The molecule has 1 saturated carbocycles. The first-order valence-corrected chi connectivity index (χ1v) is 14.5. The number of hydrogen-bond donors (Lipinski definition) is 1. The molecular formula is C30H45FN4O4. The number of nitrogens with one attached hydrogen (secondary N) is 1. The highest BCUT2D eigenvalue weighted by atomic mass is 19.1. The molecule has 1 aliphatic carbocycles. The minimum Gasteiger partial charge on any atom is -0.444 e. The van der Waals surface area contributed by atoms with Crippen LogP contribution in [0.5, 0.6) is 0 Å². The second-order valence-electron chi connectivity index (χ2n) is 12.6. The molecule has 9 heteroatoms. The molecule has 2 saturated heterocycles. The summed E-state index contributed by atoms with van der Waals surface area (Å²) in [6.45, 7) is 12.7. The Hall–Kier alpha value is -2.68. The van der Waals surface area contributed by atoms with Crippen LogP contribution in [0.2, 0.25) is 0 Å². The quantitative estimate of drug-likeness (QED) is 0.540. The molecule has 1 N–H and O–H groups in total. The summed E-state index contributed by atoms with van der Waals surface area (Å²) in [5.41, 5.74) is 1.51. The normalized spacial score (nSPS) is 22.8. The maximum absolute atomic E-state index is 14.7. The summed E-state index contributed by atoms with van der Waals surface area (Å²) in [6.07, 6.45) is 5.58. The van der Waals surface area contributed by atoms with Crippen molar-refractivity contribution < 1.29 is 23.5 Å². The van der Waals surface area contributed by atoms with E-state index in [9.17, 15) is 18.8 Å². The third kappa shape index (κ3) is 7.50. The predicted molar refractivity (Wildman–Crippen MR) is 149 cm³/mol. The first-order valence-electron chi connectivity index (χ1n) is 14.5. The third-order valence-electron chi connectivity index (χ3n) is 8.27. The minimum atomic E-state index is -0.600. The van der Waals surface area contributed by atoms with Crippen LogP contribution in [0.15, 0.2) is 12.1 Å². The van der Waals surface area contributed by atoms with Crippen molar-refractivity contribution in [2.75, 3.05) is 31.5 Å². The van der Waals surface area contributed by atoms with Crippen LogP contribution >= 0.6 is 0 Å². The number of hydrogen-bond acceptors (Lipinski definition) is 5. The molecule has 0 bridgehead atoms. The molecule has 0 aromatic heterocycles. The Morgan fingerprint density at radius 1 is 1.03 bits per heavy atom. The van der Waals surface area contributed by atoms with Crippen molar-refractivity contribution in [2.45, 2.75) is 104 Å². The Labute approximate surface area is 232 Å². The van der Waals surface area contributed by atoms with Gasteiger partial charge < -0.3 is 19.9 Å². The lowest BCUT2D eigenvalue weighted by molar-refractivity contribution is -0.140. The van der Waals surface area contributed by atoms with E-state index in [0.29, 0.717) is 31.2 Å². The Morgan fingerprint density at radius 2 is 1.74 bits per heavy atom. The predicted octanol–water partition coefficient (Wildman–Crippen LogP) is 5.09. The highest BCUT2D eigenvalue weighted by molar-refractivity contribution is 5.92. The van der Waals surface area contributed by atoms with E-state index in [1.807, 2.05) is 32.6 Å². The maximum atomic E-state index is 14.7. The number of ether oxygens (including phenoxy) is 1. The van der Waals surface area contributed by atoms with Crippen molar-refractivity contribution >= 4 is 23.6 Å². The number of halogens is 1. The summed E-state index contributed by atoms with van der Waals surface area (Å²) in [5.74, 6) is -0.178. The second-order valence-corrected chi connectivity index (χ2v) is 12.6. The third-order valence-corrected chi connectivity index (χ3v) is 8.27. The molecule has 216 valence electrons. The summed E-state index contributed by atoms with van der Waals surface area (Å²) < 4.78 is 20.2. The minimum absolute atomic E-state index is 0.110. The Morgan fingerprint density at radius 3 is 2.41 bits per heavy atom. The second kappa shape index (κ2) is 12.2. The molecule has 3 fully saturated rings. The summed E-state index contributed by atoms with van der Waals surface area (Å²) >= 11 is 0. The average molecular weight is 545 g/mol. The van der Waals surface area contributed by atoms with Crippen LogP contribution in [0.3, 0.4) is 0 Å². The summed E-state index contributed by atoms with van der Waals surface area (Å²) in [4.78, 5) is 44.4. The number of rotatable bonds is 6. The van der Waals surface area contributed by atoms with Crippen LogP contribution in [0.25, 0.3) is 0 Å². The van der Waals surface area contributed by atoms with E-state index >= 15 is 0 Å². The fourth-order valence-corrected chi connectivity index (χ4v) is 6.21. The van der Waals surface area contributed by atoms with Gasteiger partial charge in [-0.15, -0.1) is 0 Å². The highest BCUT2D eigenvalue weighted by Gasteiger charge is 2.35. The molecule has 4 rings (SSSR count). The molecule has 3 aliphatic rings. The van der Waals surface area contributed by atoms with E-state index in [4.69, 9.17) is 4.74 Å². The smallest absolute Gasteiger partial charge is 0.410 e. The molecule has 1 aromatic rings. The zero-order valence-electron chi connectivity index (χ0n) is 24.2. The molecule has 2 unspecified atom stereocenters. The summed E-state index contributed by atoms with van der Waals surface area (Å²) in [7, 11) is 0. The monoisotopic (exact) mass is 544 g/mol. The van der Waals surface area contributed by atoms with Crippen LogP contribution in [0.1, 0.15) is 83.8 Å². The number of carbonyl (C=O) groups excluding carboxylic acids is 3. The molecular weight excluding hydrogens is 499 g/mol. The van der Waals surface area contributed by atoms with Crippen molar-refractivity contribution in [1.82, 2.24) is 14.7 Å². The molecule has 2 atom stereocenters. The topological polar surface area (TPSA) is 82.2 Å². The van der Waals surface area contributed by atoms with Crippen LogP contribution < -0.4 is 5.32 Å². The lowest BCUT2D eigenvalue weighted by atomic mass is 10.0. The van der Waals surface area contributed by atoms with Gasteiger partial charge >= 0.3 is 6.09 Å². The SMILES string of the molecule is Cc1c(CN2CCN(C(=O)C3CCCC3)C(C)C2)cc(F)cc1NC(=O)CC1CCCN1C(=O)OC(C)(C)C. The molecule has 0 radical (unpaired) electrons. The molecule has 8 nitrogen and oxygen atoms in total. The fraction of sp³-hybridized carbons (Fsp3) is 0.700. The van der Waals surface area contributed by atoms with Crippen LogP contribution in [-0.4, -0.2) is 76.5 Å². The number of carbonyl (C=O) groups is 3. The summed E-state index contributed by atoms with van der Waals surface area (Å²) in [6, 6.07) is 2.77. The molecule has 1 aromatic carbocycles. The van der Waals surface area contributed by atoms with E-state index < -0.39 is 17.5 Å². The van der Waals surface area contributed by atoms with Gasteiger partial charge in [-0.25, -0.2) is 9.18 Å². The van der Waals surface area contributed by atoms with Crippen LogP contribution in [0.4, 0.5) is 14.9 Å². The van der Waals surface area contributed by atoms with Gasteiger partial charge in [0.1, 0.15) is 11.4 Å². The highest BCUT2D eigenvalue weighted by Crippen LogP contribution is 2.29. The van der Waals surface area contributed by atoms with E-state index in [1.165, 1.54) is 12.1 Å². The lowest BCUT2D eigenvalue weighted by Crippen LogP contribution is -2.54. The fourth-order valence-electron chi connectivity index (χ4n) is 6.21. The van der Waals surface area contributed by atoms with Crippen LogP contribution in [-0.2, 0) is 20.9 Å². The van der Waals surface area contributed by atoms with Gasteiger partial charge in [0, 0.05) is 62.8 Å². The van der Waals surface area contributed by atoms with E-state index in [0.717, 1.165) is 62.7 Å². The lowest BCUT2D eigenvalue weighted by Gasteiger charge is -2.41. The molecule has 2 heterocycles. The van der Waals surface area contributed by atoms with Gasteiger partial charge in [0.15, 0.2) is 0 Å². The largest absolute Gasteiger partial charge is 0.444 e. The molecule has 3 amide bonds. The van der Waals surface area contributed by atoms with Gasteiger partial charge in [0.05, 0.1) is 0 Å². The molecule has 39 heavy (non-hydrogen) atoms. The number of amides is 3. The van der Waals surface area contributed by atoms with Crippen molar-refractivity contribution in [3.8, 4) is 0 Å². The van der Waals surface area contributed by atoms with Gasteiger partial charge in [-0.2, -0.15) is 0 Å².